The number of halogens is 1. The highest BCUT2D eigenvalue weighted by Gasteiger charge is 2.19. The number of fused-ring (bicyclic) bond motifs is 1. The fraction of sp³-hybridized carbons (Fsp3) is 0.154. The summed E-state index contributed by atoms with van der Waals surface area (Å²) in [5, 5.41) is 7.38. The minimum atomic E-state index is -0.184. The lowest BCUT2D eigenvalue weighted by Gasteiger charge is -2.07. The molecule has 1 aliphatic heterocycles. The predicted molar refractivity (Wildman–Crippen MR) is 76.4 cm³/mol. The quantitative estimate of drug-likeness (QED) is 0.836. The number of nitrogens with two attached hydrogens (primary N) is 1. The Labute approximate surface area is 115 Å². The second kappa shape index (κ2) is 4.51. The summed E-state index contributed by atoms with van der Waals surface area (Å²) in [7, 11) is 0. The number of amidine groups is 1. The van der Waals surface area contributed by atoms with Crippen LogP contribution in [0.2, 0.25) is 5.02 Å². The lowest BCUT2D eigenvalue weighted by atomic mass is 10.0. The van der Waals surface area contributed by atoms with E-state index in [4.69, 9.17) is 17.3 Å². The van der Waals surface area contributed by atoms with Gasteiger partial charge in [-0.2, -0.15) is 5.10 Å². The third-order valence-electron chi connectivity index (χ3n) is 2.99. The van der Waals surface area contributed by atoms with Crippen molar-refractivity contribution in [1.29, 1.82) is 0 Å². The maximum atomic E-state index is 6.07. The minimum Gasteiger partial charge on any atom is -0.385 e. The van der Waals surface area contributed by atoms with Crippen LogP contribution in [0.1, 0.15) is 18.1 Å². The summed E-state index contributed by atoms with van der Waals surface area (Å²) >= 11 is 6.07. The van der Waals surface area contributed by atoms with E-state index in [0.717, 1.165) is 22.5 Å². The number of hydrogen-bond acceptors (Lipinski definition) is 4. The van der Waals surface area contributed by atoms with Crippen LogP contribution in [0.3, 0.4) is 0 Å². The summed E-state index contributed by atoms with van der Waals surface area (Å²) in [4.78, 5) is 9.04. The van der Waals surface area contributed by atoms with E-state index >= 15 is 0 Å². The van der Waals surface area contributed by atoms with Crippen molar-refractivity contribution in [3.63, 3.8) is 0 Å². The molecule has 1 aromatic heterocycles. The Balaban J connectivity index is 2.26. The van der Waals surface area contributed by atoms with Crippen molar-refractivity contribution in [2.45, 2.75) is 13.0 Å². The van der Waals surface area contributed by atoms with Gasteiger partial charge in [0.1, 0.15) is 11.9 Å². The Morgan fingerprint density at radius 3 is 2.95 bits per heavy atom. The summed E-state index contributed by atoms with van der Waals surface area (Å²) < 4.78 is 0. The summed E-state index contributed by atoms with van der Waals surface area (Å²) in [5.74, 6) is 0.488. The second-order valence-electron chi connectivity index (χ2n) is 4.34. The van der Waals surface area contributed by atoms with E-state index in [1.165, 1.54) is 0 Å². The topological polar surface area (TPSA) is 79.4 Å². The van der Waals surface area contributed by atoms with E-state index in [2.05, 4.69) is 20.2 Å². The molecule has 6 heteroatoms. The van der Waals surface area contributed by atoms with Gasteiger partial charge in [0.15, 0.2) is 0 Å². The monoisotopic (exact) mass is 273 g/mol. The summed E-state index contributed by atoms with van der Waals surface area (Å²) in [5.41, 5.74) is 9.25. The number of hydrogen-bond donors (Lipinski definition) is 2. The van der Waals surface area contributed by atoms with Crippen molar-refractivity contribution >= 4 is 28.8 Å². The molecule has 1 aromatic carbocycles. The fourth-order valence-corrected chi connectivity index (χ4v) is 2.14. The minimum absolute atomic E-state index is 0.184. The molecule has 3 rings (SSSR count). The highest BCUT2D eigenvalue weighted by Crippen LogP contribution is 2.28. The van der Waals surface area contributed by atoms with Gasteiger partial charge in [0, 0.05) is 22.3 Å². The van der Waals surface area contributed by atoms with Crippen molar-refractivity contribution in [2.75, 3.05) is 0 Å². The average Bonchev–Trinajstić information content (AvgIpc) is 2.87. The largest absolute Gasteiger partial charge is 0.385 e. The molecular weight excluding hydrogens is 262 g/mol. The zero-order valence-corrected chi connectivity index (χ0v) is 11.0. The third kappa shape index (κ3) is 2.13. The number of aliphatic imine (C=N–C) groups is 2. The van der Waals surface area contributed by atoms with Crippen LogP contribution in [-0.2, 0) is 0 Å². The molecule has 3 N–H and O–H groups in total. The first-order chi connectivity index (χ1) is 9.15. The van der Waals surface area contributed by atoms with E-state index in [1.807, 2.05) is 19.1 Å². The Hall–Kier alpha value is -2.14. The molecule has 5 nitrogen and oxygen atoms in total. The third-order valence-corrected chi connectivity index (χ3v) is 3.22. The van der Waals surface area contributed by atoms with Gasteiger partial charge >= 0.3 is 0 Å². The van der Waals surface area contributed by atoms with Gasteiger partial charge in [0.25, 0.3) is 0 Å². The number of aromatic nitrogens is 2. The van der Waals surface area contributed by atoms with Crippen LogP contribution in [0.5, 0.6) is 0 Å². The molecule has 0 saturated heterocycles. The van der Waals surface area contributed by atoms with Crippen molar-refractivity contribution < 1.29 is 0 Å². The van der Waals surface area contributed by atoms with Crippen LogP contribution in [-0.4, -0.2) is 27.8 Å². The van der Waals surface area contributed by atoms with Gasteiger partial charge in [0.05, 0.1) is 17.6 Å². The molecule has 1 atom stereocenters. The average molecular weight is 274 g/mol. The highest BCUT2D eigenvalue weighted by molar-refractivity contribution is 6.31. The molecule has 96 valence electrons. The summed E-state index contributed by atoms with van der Waals surface area (Å²) in [6.07, 6.45) is 3.51. The molecular formula is C13H12ClN5. The molecule has 0 spiro atoms. The van der Waals surface area contributed by atoms with Crippen molar-refractivity contribution in [2.24, 2.45) is 15.7 Å². The molecule has 1 aliphatic rings. The molecule has 2 aromatic rings. The lowest BCUT2D eigenvalue weighted by Crippen LogP contribution is -2.24. The van der Waals surface area contributed by atoms with Gasteiger partial charge in [-0.25, -0.2) is 4.99 Å². The molecule has 2 heterocycles. The fourth-order valence-electron chi connectivity index (χ4n) is 1.97. The normalized spacial score (nSPS) is 18.3. The van der Waals surface area contributed by atoms with Crippen molar-refractivity contribution in [3.05, 3.63) is 46.7 Å². The van der Waals surface area contributed by atoms with E-state index in [1.54, 1.807) is 18.5 Å². The molecule has 0 radical (unpaired) electrons. The van der Waals surface area contributed by atoms with Crippen LogP contribution in [0.15, 0.2) is 40.6 Å². The number of benzene rings is 1. The van der Waals surface area contributed by atoms with E-state index in [9.17, 15) is 0 Å². The molecule has 0 aliphatic carbocycles. The maximum Gasteiger partial charge on any atom is 0.124 e. The number of nitrogens with zero attached hydrogens (tertiary/aromatic N) is 3. The van der Waals surface area contributed by atoms with Crippen molar-refractivity contribution in [3.8, 4) is 0 Å². The Kier molecular flexibility index (Phi) is 2.83. The Morgan fingerprint density at radius 1 is 1.37 bits per heavy atom. The van der Waals surface area contributed by atoms with Gasteiger partial charge in [-0.3, -0.25) is 10.1 Å². The maximum absolute atomic E-state index is 6.07. The van der Waals surface area contributed by atoms with Crippen LogP contribution in [0, 0.1) is 0 Å². The predicted octanol–water partition coefficient (Wildman–Crippen LogP) is 2.29. The lowest BCUT2D eigenvalue weighted by molar-refractivity contribution is 0.966. The smallest absolute Gasteiger partial charge is 0.124 e. The van der Waals surface area contributed by atoms with Gasteiger partial charge in [-0.15, -0.1) is 0 Å². The van der Waals surface area contributed by atoms with Crippen LogP contribution in [0.4, 0.5) is 5.69 Å². The first-order valence-corrected chi connectivity index (χ1v) is 6.24. The number of rotatable bonds is 1. The first kappa shape index (κ1) is 11.9. The molecule has 0 amide bonds. The number of H-pyrrole nitrogens is 1. The second-order valence-corrected chi connectivity index (χ2v) is 4.78. The Bertz CT molecular complexity index is 672. The molecule has 0 saturated carbocycles. The van der Waals surface area contributed by atoms with E-state index in [0.29, 0.717) is 10.9 Å². The van der Waals surface area contributed by atoms with Crippen LogP contribution < -0.4 is 5.73 Å². The van der Waals surface area contributed by atoms with Gasteiger partial charge in [-0.1, -0.05) is 11.6 Å². The SMILES string of the molecule is CC1N=C(c2cn[nH]c2)c2cc(Cl)ccc2N=C1N. The van der Waals surface area contributed by atoms with Crippen molar-refractivity contribution in [1.82, 2.24) is 10.2 Å². The molecule has 0 bridgehead atoms. The van der Waals surface area contributed by atoms with E-state index < -0.39 is 0 Å². The van der Waals surface area contributed by atoms with Gasteiger partial charge < -0.3 is 5.73 Å². The molecule has 19 heavy (non-hydrogen) atoms. The van der Waals surface area contributed by atoms with Gasteiger partial charge in [-0.05, 0) is 25.1 Å². The summed E-state index contributed by atoms with van der Waals surface area (Å²) in [6.45, 7) is 1.91. The Morgan fingerprint density at radius 2 is 2.21 bits per heavy atom. The van der Waals surface area contributed by atoms with Gasteiger partial charge in [0.2, 0.25) is 0 Å². The zero-order chi connectivity index (χ0) is 13.4. The molecule has 0 fully saturated rings. The van der Waals surface area contributed by atoms with Crippen LogP contribution in [0.25, 0.3) is 0 Å². The first-order valence-electron chi connectivity index (χ1n) is 5.86. The van der Waals surface area contributed by atoms with E-state index in [-0.39, 0.29) is 6.04 Å². The standard InChI is InChI=1S/C13H12ClN5/c1-7-13(15)19-11-3-2-9(14)4-10(11)12(18-7)8-5-16-17-6-8/h2-7H,1H3,(H2,15,19)(H,16,17). The van der Waals surface area contributed by atoms with Crippen LogP contribution >= 0.6 is 11.6 Å². The number of aromatic amines is 1. The zero-order valence-electron chi connectivity index (χ0n) is 10.3. The number of nitrogens with one attached hydrogen (secondary N) is 1. The molecule has 1 unspecified atom stereocenters. The summed E-state index contributed by atoms with van der Waals surface area (Å²) in [6, 6.07) is 5.30. The highest BCUT2D eigenvalue weighted by atomic mass is 35.5.